The molecule has 0 spiro atoms. The number of aliphatic hydroxyl groups excluding tert-OH is 1. The Morgan fingerprint density at radius 1 is 1.07 bits per heavy atom. The first-order valence-corrected chi connectivity index (χ1v) is 13.6. The molecule has 0 aliphatic carbocycles. The molecule has 0 unspecified atom stereocenters. The second-order valence-corrected chi connectivity index (χ2v) is 10.7. The highest BCUT2D eigenvalue weighted by Gasteiger charge is 2.34. The van der Waals surface area contributed by atoms with E-state index >= 15 is 0 Å². The van der Waals surface area contributed by atoms with Crippen LogP contribution in [0.3, 0.4) is 0 Å². The molecule has 0 saturated carbocycles. The van der Waals surface area contributed by atoms with Gasteiger partial charge < -0.3 is 25.4 Å². The second-order valence-electron chi connectivity index (χ2n) is 10.7. The number of para-hydroxylation sites is 1. The monoisotopic (exact) mass is 584 g/mol. The molecule has 42 heavy (non-hydrogen) atoms. The number of hydrogen-bond donors (Lipinski definition) is 3. The van der Waals surface area contributed by atoms with Gasteiger partial charge in [-0.1, -0.05) is 37.3 Å². The van der Waals surface area contributed by atoms with Crippen molar-refractivity contribution < 1.29 is 32.6 Å². The van der Waals surface area contributed by atoms with E-state index in [1.165, 1.54) is 12.1 Å². The number of rotatable bonds is 8. The average Bonchev–Trinajstić information content (AvgIpc) is 2.95. The van der Waals surface area contributed by atoms with E-state index in [9.17, 15) is 27.9 Å². The summed E-state index contributed by atoms with van der Waals surface area (Å²) >= 11 is 0. The normalized spacial score (nSPS) is 18.0. The molecule has 3 amide bonds. The molecular formula is C31H35F3N4O4. The third kappa shape index (κ3) is 7.80. The SMILES string of the molecule is C[C@H]1CN([C@@H](C)CO)C(=O)c2cc(NC(=O)Nc3ccccc3)ccc2O[C@@H]1CN(C)Cc1ccc(C(F)(F)F)cc1. The summed E-state index contributed by atoms with van der Waals surface area (Å²) in [5.74, 6) is -0.133. The van der Waals surface area contributed by atoms with Crippen LogP contribution in [0, 0.1) is 5.92 Å². The van der Waals surface area contributed by atoms with Gasteiger partial charge in [0.1, 0.15) is 11.9 Å². The minimum Gasteiger partial charge on any atom is -0.488 e. The van der Waals surface area contributed by atoms with Crippen molar-refractivity contribution in [3.63, 3.8) is 0 Å². The zero-order valence-corrected chi connectivity index (χ0v) is 23.7. The highest BCUT2D eigenvalue weighted by molar-refractivity contribution is 6.02. The van der Waals surface area contributed by atoms with E-state index in [-0.39, 0.29) is 30.1 Å². The molecule has 0 aromatic heterocycles. The molecule has 0 saturated heterocycles. The van der Waals surface area contributed by atoms with Crippen molar-refractivity contribution in [1.29, 1.82) is 0 Å². The summed E-state index contributed by atoms with van der Waals surface area (Å²) in [6.07, 6.45) is -4.78. The molecule has 8 nitrogen and oxygen atoms in total. The van der Waals surface area contributed by atoms with E-state index in [1.807, 2.05) is 24.9 Å². The third-order valence-corrected chi connectivity index (χ3v) is 7.18. The molecule has 1 aliphatic rings. The van der Waals surface area contributed by atoms with Crippen LogP contribution in [0.15, 0.2) is 72.8 Å². The number of fused-ring (bicyclic) bond motifs is 1. The standard InChI is InChI=1S/C31H35F3N4O4/c1-20-16-38(21(2)19-39)29(40)26-15-25(36-30(41)35-24-7-5-4-6-8-24)13-14-27(26)42-28(20)18-37(3)17-22-9-11-23(12-10-22)31(32,33)34/h4-15,20-21,28,39H,16-19H2,1-3H3,(H2,35,36,41)/t20-,21-,28+/m0/s1. The van der Waals surface area contributed by atoms with Gasteiger partial charge in [0.05, 0.1) is 23.8 Å². The zero-order chi connectivity index (χ0) is 30.4. The summed E-state index contributed by atoms with van der Waals surface area (Å²) in [4.78, 5) is 29.8. The molecule has 11 heteroatoms. The Morgan fingerprint density at radius 2 is 1.74 bits per heavy atom. The number of carbonyl (C=O) groups excluding carboxylic acids is 2. The number of likely N-dealkylation sites (N-methyl/N-ethyl adjacent to an activating group) is 1. The molecule has 1 aliphatic heterocycles. The molecule has 3 aromatic rings. The fourth-order valence-electron chi connectivity index (χ4n) is 4.82. The number of aliphatic hydroxyl groups is 1. The number of nitrogens with one attached hydrogen (secondary N) is 2. The van der Waals surface area contributed by atoms with Crippen LogP contribution in [-0.2, 0) is 12.7 Å². The van der Waals surface area contributed by atoms with Crippen molar-refractivity contribution >= 4 is 23.3 Å². The highest BCUT2D eigenvalue weighted by atomic mass is 19.4. The summed E-state index contributed by atoms with van der Waals surface area (Å²) in [6.45, 7) is 4.61. The van der Waals surface area contributed by atoms with Gasteiger partial charge in [0.15, 0.2) is 0 Å². The summed E-state index contributed by atoms with van der Waals surface area (Å²) < 4.78 is 45.2. The van der Waals surface area contributed by atoms with Crippen molar-refractivity contribution in [2.75, 3.05) is 37.4 Å². The van der Waals surface area contributed by atoms with Gasteiger partial charge in [0, 0.05) is 36.9 Å². The second kappa shape index (κ2) is 13.3. The van der Waals surface area contributed by atoms with Gasteiger partial charge in [-0.3, -0.25) is 9.69 Å². The molecule has 3 aromatic carbocycles. The van der Waals surface area contributed by atoms with E-state index < -0.39 is 23.8 Å². The summed E-state index contributed by atoms with van der Waals surface area (Å²) in [6, 6.07) is 17.9. The smallest absolute Gasteiger partial charge is 0.416 e. The minimum atomic E-state index is -4.39. The number of amides is 3. The van der Waals surface area contributed by atoms with Crippen molar-refractivity contribution in [3.8, 4) is 5.75 Å². The first kappa shape index (κ1) is 30.9. The Morgan fingerprint density at radius 3 is 2.38 bits per heavy atom. The molecule has 3 atom stereocenters. The van der Waals surface area contributed by atoms with E-state index in [2.05, 4.69) is 10.6 Å². The van der Waals surface area contributed by atoms with Crippen LogP contribution < -0.4 is 15.4 Å². The molecule has 0 bridgehead atoms. The van der Waals surface area contributed by atoms with Gasteiger partial charge >= 0.3 is 12.2 Å². The molecule has 224 valence electrons. The number of urea groups is 1. The Kier molecular flexibility index (Phi) is 9.74. The summed E-state index contributed by atoms with van der Waals surface area (Å²) in [5, 5.41) is 15.4. The van der Waals surface area contributed by atoms with Gasteiger partial charge in [-0.15, -0.1) is 0 Å². The zero-order valence-electron chi connectivity index (χ0n) is 23.7. The van der Waals surface area contributed by atoms with Gasteiger partial charge in [-0.2, -0.15) is 13.2 Å². The largest absolute Gasteiger partial charge is 0.488 e. The van der Waals surface area contributed by atoms with Gasteiger partial charge in [0.25, 0.3) is 5.91 Å². The van der Waals surface area contributed by atoms with Gasteiger partial charge in [-0.25, -0.2) is 4.79 Å². The number of benzene rings is 3. The molecule has 4 rings (SSSR count). The first-order chi connectivity index (χ1) is 19.9. The fourth-order valence-corrected chi connectivity index (χ4v) is 4.82. The van der Waals surface area contributed by atoms with Crippen molar-refractivity contribution in [1.82, 2.24) is 9.80 Å². The van der Waals surface area contributed by atoms with E-state index in [4.69, 9.17) is 4.74 Å². The third-order valence-electron chi connectivity index (χ3n) is 7.18. The minimum absolute atomic E-state index is 0.138. The van der Waals surface area contributed by atoms with Crippen LogP contribution in [0.1, 0.15) is 35.3 Å². The van der Waals surface area contributed by atoms with Crippen molar-refractivity contribution in [3.05, 3.63) is 89.5 Å². The van der Waals surface area contributed by atoms with Crippen molar-refractivity contribution in [2.45, 2.75) is 38.7 Å². The predicted octanol–water partition coefficient (Wildman–Crippen LogP) is 5.70. The highest BCUT2D eigenvalue weighted by Crippen LogP contribution is 2.32. The number of carbonyl (C=O) groups is 2. The van der Waals surface area contributed by atoms with E-state index in [1.54, 1.807) is 54.3 Å². The Labute approximate surface area is 243 Å². The van der Waals surface area contributed by atoms with Crippen LogP contribution in [0.4, 0.5) is 29.3 Å². The van der Waals surface area contributed by atoms with E-state index in [0.29, 0.717) is 36.8 Å². The summed E-state index contributed by atoms with van der Waals surface area (Å²) in [7, 11) is 1.85. The Balaban J connectivity index is 1.53. The maximum Gasteiger partial charge on any atom is 0.416 e. The quantitative estimate of drug-likeness (QED) is 0.316. The number of alkyl halides is 3. The molecule has 3 N–H and O–H groups in total. The molecule has 0 fully saturated rings. The van der Waals surface area contributed by atoms with Crippen LogP contribution in [0.25, 0.3) is 0 Å². The number of nitrogens with zero attached hydrogens (tertiary/aromatic N) is 2. The van der Waals surface area contributed by atoms with Crippen molar-refractivity contribution in [2.24, 2.45) is 5.92 Å². The molecular weight excluding hydrogens is 549 g/mol. The molecule has 0 radical (unpaired) electrons. The van der Waals surface area contributed by atoms with E-state index in [0.717, 1.165) is 17.7 Å². The maximum absolute atomic E-state index is 13.6. The lowest BCUT2D eigenvalue weighted by atomic mass is 9.99. The average molecular weight is 585 g/mol. The van der Waals surface area contributed by atoms with Crippen LogP contribution >= 0.6 is 0 Å². The lowest BCUT2D eigenvalue weighted by Gasteiger charge is -2.38. The lowest BCUT2D eigenvalue weighted by Crippen LogP contribution is -2.49. The number of halogens is 3. The fraction of sp³-hybridized carbons (Fsp3) is 0.355. The Hall–Kier alpha value is -4.09. The first-order valence-electron chi connectivity index (χ1n) is 13.6. The molecule has 1 heterocycles. The number of anilines is 2. The Bertz CT molecular complexity index is 1370. The van der Waals surface area contributed by atoms with Crippen LogP contribution in [0.5, 0.6) is 5.75 Å². The predicted molar refractivity (Wildman–Crippen MR) is 154 cm³/mol. The number of hydrogen-bond acceptors (Lipinski definition) is 5. The van der Waals surface area contributed by atoms with Crippen LogP contribution in [0.2, 0.25) is 0 Å². The lowest BCUT2D eigenvalue weighted by molar-refractivity contribution is -0.137. The maximum atomic E-state index is 13.6. The van der Waals surface area contributed by atoms with Gasteiger partial charge in [0.2, 0.25) is 0 Å². The topological polar surface area (TPSA) is 94.1 Å². The van der Waals surface area contributed by atoms with Crippen LogP contribution in [-0.4, -0.2) is 65.7 Å². The number of ether oxygens (including phenoxy) is 1. The van der Waals surface area contributed by atoms with Gasteiger partial charge in [-0.05, 0) is 62.0 Å². The summed E-state index contributed by atoms with van der Waals surface area (Å²) in [5.41, 5.74) is 1.27.